The van der Waals surface area contributed by atoms with Crippen molar-refractivity contribution < 1.29 is 9.47 Å². The van der Waals surface area contributed by atoms with E-state index in [0.29, 0.717) is 19.1 Å². The molecule has 120 valence electrons. The first-order valence-corrected chi connectivity index (χ1v) is 8.60. The minimum atomic E-state index is 0.542. The number of nitrogens with one attached hydrogen (secondary N) is 1. The fourth-order valence-electron chi connectivity index (χ4n) is 2.28. The second-order valence-electron chi connectivity index (χ2n) is 5.20. The van der Waals surface area contributed by atoms with E-state index in [4.69, 9.17) is 9.47 Å². The van der Waals surface area contributed by atoms with Crippen molar-refractivity contribution in [2.24, 2.45) is 0 Å². The Morgan fingerprint density at radius 2 is 2.10 bits per heavy atom. The number of hydrogen-bond donors (Lipinski definition) is 1. The molecule has 1 rings (SSSR count). The quantitative estimate of drug-likeness (QED) is 0.574. The Morgan fingerprint density at radius 3 is 2.81 bits per heavy atom. The third-order valence-electron chi connectivity index (χ3n) is 3.41. The molecule has 1 aromatic rings. The number of ether oxygens (including phenoxy) is 2. The van der Waals surface area contributed by atoms with E-state index in [-0.39, 0.29) is 0 Å². The Hall–Kier alpha value is -0.420. The van der Waals surface area contributed by atoms with Gasteiger partial charge in [0.15, 0.2) is 0 Å². The molecule has 0 saturated carbocycles. The zero-order valence-electron chi connectivity index (χ0n) is 13.2. The van der Waals surface area contributed by atoms with Crippen LogP contribution in [-0.2, 0) is 9.47 Å². The lowest BCUT2D eigenvalue weighted by molar-refractivity contribution is 0.0681. The van der Waals surface area contributed by atoms with Crippen molar-refractivity contribution in [3.8, 4) is 0 Å². The third-order valence-corrected chi connectivity index (χ3v) is 3.90. The van der Waals surface area contributed by atoms with Crippen LogP contribution in [0.4, 0.5) is 0 Å². The monoisotopic (exact) mass is 357 g/mol. The van der Waals surface area contributed by atoms with Crippen molar-refractivity contribution in [2.45, 2.75) is 32.1 Å². The maximum absolute atomic E-state index is 5.56. The molecule has 0 bridgehead atoms. The van der Waals surface area contributed by atoms with Crippen LogP contribution >= 0.6 is 15.9 Å². The molecule has 0 amide bonds. The highest BCUT2D eigenvalue weighted by Gasteiger charge is 2.11. The van der Waals surface area contributed by atoms with Gasteiger partial charge in [-0.2, -0.15) is 0 Å². The highest BCUT2D eigenvalue weighted by Crippen LogP contribution is 2.23. The Balaban J connectivity index is 2.41. The lowest BCUT2D eigenvalue weighted by Gasteiger charge is -2.18. The summed E-state index contributed by atoms with van der Waals surface area (Å²) in [7, 11) is 1.70. The van der Waals surface area contributed by atoms with Crippen LogP contribution in [0.1, 0.15) is 37.7 Å². The van der Waals surface area contributed by atoms with Gasteiger partial charge >= 0.3 is 0 Å². The lowest BCUT2D eigenvalue weighted by Crippen LogP contribution is -2.22. The standard InChI is InChI=1S/C17H28BrNO2/c1-3-9-19-14-16(7-5-10-21-12-11-20-2)15-6-4-8-17(18)13-15/h4,6,8,13,16,19H,3,5,7,9-12,14H2,1-2H3. The first kappa shape index (κ1) is 18.6. The fourth-order valence-corrected chi connectivity index (χ4v) is 2.69. The van der Waals surface area contributed by atoms with E-state index in [1.807, 2.05) is 0 Å². The lowest BCUT2D eigenvalue weighted by atomic mass is 9.94. The average molecular weight is 358 g/mol. The minimum absolute atomic E-state index is 0.542. The van der Waals surface area contributed by atoms with Gasteiger partial charge in [0, 0.05) is 24.7 Å². The first-order valence-electron chi connectivity index (χ1n) is 7.80. The van der Waals surface area contributed by atoms with Crippen molar-refractivity contribution in [1.82, 2.24) is 5.32 Å². The molecule has 0 aliphatic heterocycles. The van der Waals surface area contributed by atoms with Crippen molar-refractivity contribution >= 4 is 15.9 Å². The van der Waals surface area contributed by atoms with Crippen molar-refractivity contribution in [3.05, 3.63) is 34.3 Å². The van der Waals surface area contributed by atoms with Gasteiger partial charge < -0.3 is 14.8 Å². The Kier molecular flexibility index (Phi) is 10.8. The fraction of sp³-hybridized carbons (Fsp3) is 0.647. The summed E-state index contributed by atoms with van der Waals surface area (Å²) in [6, 6.07) is 8.63. The van der Waals surface area contributed by atoms with Crippen LogP contribution in [0, 0.1) is 0 Å². The summed E-state index contributed by atoms with van der Waals surface area (Å²) in [4.78, 5) is 0. The predicted molar refractivity (Wildman–Crippen MR) is 92.0 cm³/mol. The molecule has 0 spiro atoms. The van der Waals surface area contributed by atoms with Gasteiger partial charge in [0.2, 0.25) is 0 Å². The molecule has 0 fully saturated rings. The molecule has 0 radical (unpaired) electrons. The summed E-state index contributed by atoms with van der Waals surface area (Å²) >= 11 is 3.56. The molecule has 4 heteroatoms. The van der Waals surface area contributed by atoms with Gasteiger partial charge in [-0.3, -0.25) is 0 Å². The minimum Gasteiger partial charge on any atom is -0.382 e. The molecule has 3 nitrogen and oxygen atoms in total. The van der Waals surface area contributed by atoms with Crippen LogP contribution in [0.15, 0.2) is 28.7 Å². The number of benzene rings is 1. The normalized spacial score (nSPS) is 12.5. The van der Waals surface area contributed by atoms with Gasteiger partial charge in [0.25, 0.3) is 0 Å². The van der Waals surface area contributed by atoms with E-state index < -0.39 is 0 Å². The van der Waals surface area contributed by atoms with Crippen LogP contribution < -0.4 is 5.32 Å². The summed E-state index contributed by atoms with van der Waals surface area (Å²) in [5.41, 5.74) is 1.39. The predicted octanol–water partition coefficient (Wildman–Crippen LogP) is 3.98. The molecule has 21 heavy (non-hydrogen) atoms. The Morgan fingerprint density at radius 1 is 1.24 bits per heavy atom. The topological polar surface area (TPSA) is 30.5 Å². The molecule has 1 aromatic carbocycles. The van der Waals surface area contributed by atoms with E-state index in [1.165, 1.54) is 12.0 Å². The van der Waals surface area contributed by atoms with Crippen LogP contribution in [0.5, 0.6) is 0 Å². The van der Waals surface area contributed by atoms with Gasteiger partial charge in [-0.25, -0.2) is 0 Å². The van der Waals surface area contributed by atoms with E-state index >= 15 is 0 Å². The number of halogens is 1. The van der Waals surface area contributed by atoms with Gasteiger partial charge in [-0.1, -0.05) is 35.0 Å². The van der Waals surface area contributed by atoms with Crippen LogP contribution in [0.2, 0.25) is 0 Å². The zero-order chi connectivity index (χ0) is 15.3. The third kappa shape index (κ3) is 8.57. The summed E-state index contributed by atoms with van der Waals surface area (Å²) in [6.07, 6.45) is 3.39. The van der Waals surface area contributed by atoms with E-state index in [1.54, 1.807) is 7.11 Å². The molecule has 0 aliphatic carbocycles. The number of methoxy groups -OCH3 is 1. The van der Waals surface area contributed by atoms with Gasteiger partial charge in [-0.15, -0.1) is 0 Å². The van der Waals surface area contributed by atoms with E-state index in [2.05, 4.69) is 52.4 Å². The van der Waals surface area contributed by atoms with Crippen molar-refractivity contribution in [2.75, 3.05) is 40.0 Å². The Labute approximate surface area is 137 Å². The molecule has 0 heterocycles. The van der Waals surface area contributed by atoms with Gasteiger partial charge in [-0.05, 0) is 49.4 Å². The SMILES string of the molecule is CCCNCC(CCCOCCOC)c1cccc(Br)c1. The summed E-state index contributed by atoms with van der Waals surface area (Å²) in [5.74, 6) is 0.542. The van der Waals surface area contributed by atoms with Crippen LogP contribution in [0.25, 0.3) is 0 Å². The second-order valence-corrected chi connectivity index (χ2v) is 6.12. The van der Waals surface area contributed by atoms with Crippen LogP contribution in [0.3, 0.4) is 0 Å². The van der Waals surface area contributed by atoms with E-state index in [0.717, 1.165) is 37.0 Å². The molecule has 0 aromatic heterocycles. The molecule has 0 saturated heterocycles. The summed E-state index contributed by atoms with van der Waals surface area (Å²) in [6.45, 7) is 6.48. The van der Waals surface area contributed by atoms with Crippen molar-refractivity contribution in [3.63, 3.8) is 0 Å². The summed E-state index contributed by atoms with van der Waals surface area (Å²) in [5, 5.41) is 3.54. The van der Waals surface area contributed by atoms with Gasteiger partial charge in [0.05, 0.1) is 13.2 Å². The smallest absolute Gasteiger partial charge is 0.0700 e. The maximum atomic E-state index is 5.56. The zero-order valence-corrected chi connectivity index (χ0v) is 14.8. The van der Waals surface area contributed by atoms with Gasteiger partial charge in [0.1, 0.15) is 0 Å². The van der Waals surface area contributed by atoms with Crippen LogP contribution in [-0.4, -0.2) is 40.0 Å². The molecule has 1 unspecified atom stereocenters. The van der Waals surface area contributed by atoms with E-state index in [9.17, 15) is 0 Å². The second kappa shape index (κ2) is 12.2. The average Bonchev–Trinajstić information content (AvgIpc) is 2.49. The Bertz CT molecular complexity index is 374. The summed E-state index contributed by atoms with van der Waals surface area (Å²) < 4.78 is 11.7. The van der Waals surface area contributed by atoms with Crippen molar-refractivity contribution in [1.29, 1.82) is 0 Å². The highest BCUT2D eigenvalue weighted by atomic mass is 79.9. The maximum Gasteiger partial charge on any atom is 0.0700 e. The molecular formula is C17H28BrNO2. The largest absolute Gasteiger partial charge is 0.382 e. The number of hydrogen-bond acceptors (Lipinski definition) is 3. The molecule has 0 aliphatic rings. The number of rotatable bonds is 12. The first-order chi connectivity index (χ1) is 10.3. The molecule has 1 atom stereocenters. The highest BCUT2D eigenvalue weighted by molar-refractivity contribution is 9.10. The molecule has 1 N–H and O–H groups in total. The molecular weight excluding hydrogens is 330 g/mol.